The van der Waals surface area contributed by atoms with Crippen LogP contribution in [0.4, 0.5) is 11.4 Å². The highest BCUT2D eigenvalue weighted by Crippen LogP contribution is 2.25. The second-order valence-corrected chi connectivity index (χ2v) is 7.77. The van der Waals surface area contributed by atoms with Crippen molar-refractivity contribution in [3.63, 3.8) is 0 Å². The molecule has 0 aromatic heterocycles. The van der Waals surface area contributed by atoms with Gasteiger partial charge in [0.1, 0.15) is 0 Å². The zero-order valence-electron chi connectivity index (χ0n) is 16.7. The number of rotatable bonds is 7. The average Bonchev–Trinajstić information content (AvgIpc) is 3.14. The van der Waals surface area contributed by atoms with Crippen molar-refractivity contribution < 1.29 is 28.8 Å². The van der Waals surface area contributed by atoms with Gasteiger partial charge in [0.25, 0.3) is 17.5 Å². The minimum absolute atomic E-state index is 0.0933. The van der Waals surface area contributed by atoms with Crippen LogP contribution in [-0.4, -0.2) is 46.8 Å². The molecule has 1 fully saturated rings. The summed E-state index contributed by atoms with van der Waals surface area (Å²) in [4.78, 5) is 58.8. The van der Waals surface area contributed by atoms with Crippen LogP contribution in [0.15, 0.2) is 42.5 Å². The van der Waals surface area contributed by atoms with Crippen molar-refractivity contribution in [1.82, 2.24) is 10.4 Å². The molecule has 0 spiro atoms. The van der Waals surface area contributed by atoms with Gasteiger partial charge in [0, 0.05) is 29.1 Å². The highest BCUT2D eigenvalue weighted by atomic mass is 35.5. The maximum atomic E-state index is 12.3. The summed E-state index contributed by atoms with van der Waals surface area (Å²) < 4.78 is 4.97. The van der Waals surface area contributed by atoms with Gasteiger partial charge in [-0.25, -0.2) is 0 Å². The number of nitrogens with one attached hydrogen (secondary N) is 2. The largest absolute Gasteiger partial charge is 0.455 e. The van der Waals surface area contributed by atoms with E-state index in [9.17, 15) is 29.3 Å². The zero-order valence-corrected chi connectivity index (χ0v) is 18.3. The molecular formula is C20H16Cl2N4O7. The summed E-state index contributed by atoms with van der Waals surface area (Å²) in [5.41, 5.74) is 2.51. The van der Waals surface area contributed by atoms with Crippen LogP contribution in [0.2, 0.25) is 10.0 Å². The maximum Gasteiger partial charge on any atom is 0.311 e. The number of non-ortho nitro benzene ring substituents is 1. The van der Waals surface area contributed by atoms with Gasteiger partial charge < -0.3 is 10.1 Å². The normalized spacial score (nSPS) is 15.2. The van der Waals surface area contributed by atoms with Crippen molar-refractivity contribution in [1.29, 1.82) is 0 Å². The standard InChI is InChI=1S/C20H16Cl2N4O7/c21-13-3-6-15(22)16(8-13)23-17(27)10-33-20(30)12-7-18(28)25(9-12)24-19(29)11-1-4-14(5-2-11)26(31)32/h1-6,8,12H,7,9-10H2,(H,23,27)(H,24,29)/t12-/m1/s1. The van der Waals surface area contributed by atoms with E-state index in [0.717, 1.165) is 17.1 Å². The third-order valence-corrected chi connectivity index (χ3v) is 5.15. The fourth-order valence-electron chi connectivity index (χ4n) is 2.93. The molecule has 2 aromatic rings. The topological polar surface area (TPSA) is 148 Å². The Morgan fingerprint density at radius 2 is 1.85 bits per heavy atom. The van der Waals surface area contributed by atoms with Crippen LogP contribution in [0, 0.1) is 16.0 Å². The number of carbonyl (C=O) groups excluding carboxylic acids is 4. The first kappa shape index (κ1) is 24.0. The number of nitro benzene ring substituents is 1. The van der Waals surface area contributed by atoms with Crippen molar-refractivity contribution in [3.05, 3.63) is 68.2 Å². The minimum atomic E-state index is -0.891. The Morgan fingerprint density at radius 3 is 2.52 bits per heavy atom. The predicted molar refractivity (Wildman–Crippen MR) is 116 cm³/mol. The number of hydrazine groups is 1. The van der Waals surface area contributed by atoms with Gasteiger partial charge >= 0.3 is 5.97 Å². The fourth-order valence-corrected chi connectivity index (χ4v) is 3.27. The summed E-state index contributed by atoms with van der Waals surface area (Å²) >= 11 is 11.8. The molecule has 3 amide bonds. The van der Waals surface area contributed by atoms with Gasteiger partial charge in [-0.3, -0.25) is 39.7 Å². The predicted octanol–water partition coefficient (Wildman–Crippen LogP) is 2.58. The van der Waals surface area contributed by atoms with Gasteiger partial charge in [-0.1, -0.05) is 23.2 Å². The fraction of sp³-hybridized carbons (Fsp3) is 0.200. The number of nitrogens with zero attached hydrogens (tertiary/aromatic N) is 2. The summed E-state index contributed by atoms with van der Waals surface area (Å²) in [6.07, 6.45) is -0.221. The molecule has 0 aliphatic carbocycles. The molecule has 1 aliphatic rings. The smallest absolute Gasteiger partial charge is 0.311 e. The summed E-state index contributed by atoms with van der Waals surface area (Å²) in [7, 11) is 0. The second kappa shape index (κ2) is 10.3. The lowest BCUT2D eigenvalue weighted by molar-refractivity contribution is -0.384. The van der Waals surface area contributed by atoms with Crippen LogP contribution in [0.3, 0.4) is 0 Å². The van der Waals surface area contributed by atoms with E-state index in [4.69, 9.17) is 27.9 Å². The zero-order chi connectivity index (χ0) is 24.1. The van der Waals surface area contributed by atoms with E-state index in [2.05, 4.69) is 10.7 Å². The third-order valence-electron chi connectivity index (χ3n) is 4.58. The Labute approximate surface area is 196 Å². The first-order chi connectivity index (χ1) is 15.6. The quantitative estimate of drug-likeness (QED) is 0.341. The third kappa shape index (κ3) is 6.18. The number of hydrogen-bond acceptors (Lipinski definition) is 7. The molecule has 1 atom stereocenters. The van der Waals surface area contributed by atoms with E-state index < -0.39 is 41.1 Å². The van der Waals surface area contributed by atoms with E-state index in [0.29, 0.717) is 5.02 Å². The Morgan fingerprint density at radius 1 is 1.15 bits per heavy atom. The minimum Gasteiger partial charge on any atom is -0.455 e. The van der Waals surface area contributed by atoms with Crippen molar-refractivity contribution in [3.8, 4) is 0 Å². The molecule has 11 nitrogen and oxygen atoms in total. The SMILES string of the molecule is O=C(COC(=O)[C@@H]1CC(=O)N(NC(=O)c2ccc([N+](=O)[O-])cc2)C1)Nc1cc(Cl)ccc1Cl. The van der Waals surface area contributed by atoms with Crippen LogP contribution in [-0.2, 0) is 19.1 Å². The summed E-state index contributed by atoms with van der Waals surface area (Å²) in [6.45, 7) is -0.764. The molecule has 172 valence electrons. The van der Waals surface area contributed by atoms with Crippen LogP contribution >= 0.6 is 23.2 Å². The molecular weight excluding hydrogens is 479 g/mol. The highest BCUT2D eigenvalue weighted by Gasteiger charge is 2.36. The molecule has 2 N–H and O–H groups in total. The molecule has 1 saturated heterocycles. The molecule has 0 radical (unpaired) electrons. The molecule has 13 heteroatoms. The van der Waals surface area contributed by atoms with Gasteiger partial charge in [-0.05, 0) is 30.3 Å². The van der Waals surface area contributed by atoms with E-state index in [1.807, 2.05) is 0 Å². The van der Waals surface area contributed by atoms with E-state index in [1.165, 1.54) is 24.3 Å². The van der Waals surface area contributed by atoms with Crippen LogP contribution < -0.4 is 10.7 Å². The van der Waals surface area contributed by atoms with Crippen molar-refractivity contribution >= 4 is 58.3 Å². The van der Waals surface area contributed by atoms with Gasteiger partial charge in [0.2, 0.25) is 5.91 Å². The number of anilines is 1. The van der Waals surface area contributed by atoms with Crippen LogP contribution in [0.5, 0.6) is 0 Å². The molecule has 0 saturated carbocycles. The number of ether oxygens (including phenoxy) is 1. The lowest BCUT2D eigenvalue weighted by Crippen LogP contribution is -2.43. The molecule has 1 aliphatic heterocycles. The first-order valence-corrected chi connectivity index (χ1v) is 10.2. The van der Waals surface area contributed by atoms with Crippen molar-refractivity contribution in [2.45, 2.75) is 6.42 Å². The first-order valence-electron chi connectivity index (χ1n) is 9.41. The lowest BCUT2D eigenvalue weighted by Gasteiger charge is -2.17. The monoisotopic (exact) mass is 494 g/mol. The van der Waals surface area contributed by atoms with Gasteiger partial charge in [0.05, 0.1) is 28.1 Å². The summed E-state index contributed by atoms with van der Waals surface area (Å²) in [5, 5.41) is 14.7. The molecule has 0 bridgehead atoms. The van der Waals surface area contributed by atoms with Gasteiger partial charge in [-0.2, -0.15) is 0 Å². The molecule has 1 heterocycles. The molecule has 0 unspecified atom stereocenters. The maximum absolute atomic E-state index is 12.3. The Kier molecular flexibility index (Phi) is 7.46. The van der Waals surface area contributed by atoms with E-state index in [-0.39, 0.29) is 34.9 Å². The van der Waals surface area contributed by atoms with Crippen molar-refractivity contribution in [2.24, 2.45) is 5.92 Å². The summed E-state index contributed by atoms with van der Waals surface area (Å²) in [5.74, 6) is -3.53. The number of nitro groups is 1. The van der Waals surface area contributed by atoms with E-state index >= 15 is 0 Å². The lowest BCUT2D eigenvalue weighted by atomic mass is 10.1. The summed E-state index contributed by atoms with van der Waals surface area (Å²) in [6, 6.07) is 9.27. The van der Waals surface area contributed by atoms with E-state index in [1.54, 1.807) is 6.07 Å². The van der Waals surface area contributed by atoms with Gasteiger partial charge in [0.15, 0.2) is 6.61 Å². The van der Waals surface area contributed by atoms with Crippen molar-refractivity contribution in [2.75, 3.05) is 18.5 Å². The Bertz CT molecular complexity index is 1120. The molecule has 2 aromatic carbocycles. The van der Waals surface area contributed by atoms with Crippen LogP contribution in [0.1, 0.15) is 16.8 Å². The Hall–Kier alpha value is -3.70. The number of hydrogen-bond donors (Lipinski definition) is 2. The number of esters is 1. The van der Waals surface area contributed by atoms with Gasteiger partial charge in [-0.15, -0.1) is 0 Å². The average molecular weight is 495 g/mol. The highest BCUT2D eigenvalue weighted by molar-refractivity contribution is 6.35. The number of amides is 3. The Balaban J connectivity index is 1.50. The number of halogens is 2. The number of benzene rings is 2. The second-order valence-electron chi connectivity index (χ2n) is 6.93. The number of carbonyl (C=O) groups is 4. The molecule has 33 heavy (non-hydrogen) atoms. The molecule has 3 rings (SSSR count). The van der Waals surface area contributed by atoms with Crippen LogP contribution in [0.25, 0.3) is 0 Å².